The molecule has 3 aromatic rings. The van der Waals surface area contributed by atoms with Crippen LogP contribution in [0.4, 0.5) is 11.8 Å². The molecule has 21 heteroatoms. The maximum Gasteiger partial charge on any atom is 0.261 e. The molecule has 44 heavy (non-hydrogen) atoms. The molecule has 5 rings (SSSR count). The zero-order valence-electron chi connectivity index (χ0n) is 24.3. The molecule has 0 saturated carbocycles. The van der Waals surface area contributed by atoms with Crippen LogP contribution in [0.15, 0.2) is 24.5 Å². The van der Waals surface area contributed by atoms with E-state index >= 15 is 0 Å². The SMILES string of the molecule is CS(=O)(=O)N1CCN(Cc2cc3cc(-c4cnc(N)nc4)nc(N4CCOCC4)c3s2)CC1.CS(=O)(=O)O.CS(=O)(=O)O.O. The molecule has 2 aliphatic rings. The number of piperazine rings is 1. The molecule has 0 spiro atoms. The van der Waals surface area contributed by atoms with Gasteiger partial charge < -0.3 is 20.8 Å². The maximum absolute atomic E-state index is 11.8. The molecule has 17 nitrogen and oxygen atoms in total. The first kappa shape index (κ1) is 37.6. The third kappa shape index (κ3) is 12.8. The number of thiophene rings is 1. The first-order valence-electron chi connectivity index (χ1n) is 12.7. The van der Waals surface area contributed by atoms with Gasteiger partial charge in [0.15, 0.2) is 0 Å². The normalized spacial score (nSPS) is 16.7. The molecule has 0 atom stereocenters. The van der Waals surface area contributed by atoms with Gasteiger partial charge in [-0.1, -0.05) is 0 Å². The summed E-state index contributed by atoms with van der Waals surface area (Å²) in [5, 5.41) is 1.13. The lowest BCUT2D eigenvalue weighted by atomic mass is 10.1. The summed E-state index contributed by atoms with van der Waals surface area (Å²) in [4.78, 5) is 19.1. The Bertz CT molecular complexity index is 1660. The van der Waals surface area contributed by atoms with Crippen molar-refractivity contribution in [2.75, 3.05) is 81.9 Å². The van der Waals surface area contributed by atoms with Crippen molar-refractivity contribution in [1.82, 2.24) is 24.2 Å². The standard InChI is InChI=1S/C21H27N7O3S2.2CH4O3S.H2O/c1-33(29,30)28-4-2-26(3-5-28)14-17-10-15-11-18(16-12-23-21(22)24-13-16)25-20(19(15)32-17)27-6-8-31-9-7-27;2*1-5(2,3)4;/h10-13H,2-9,14H2,1H3,(H2,22,23,24);2*1H3,(H,2,3,4);1H2. The number of hydrogen-bond donors (Lipinski definition) is 3. The summed E-state index contributed by atoms with van der Waals surface area (Å²) in [5.74, 6) is 1.20. The van der Waals surface area contributed by atoms with Gasteiger partial charge in [-0.25, -0.2) is 23.4 Å². The zero-order valence-corrected chi connectivity index (χ0v) is 27.6. The van der Waals surface area contributed by atoms with Gasteiger partial charge in [0.25, 0.3) is 20.2 Å². The Hall–Kier alpha value is -2.60. The van der Waals surface area contributed by atoms with Gasteiger partial charge in [-0.05, 0) is 17.5 Å². The highest BCUT2D eigenvalue weighted by Gasteiger charge is 2.24. The van der Waals surface area contributed by atoms with Gasteiger partial charge in [-0.2, -0.15) is 21.1 Å². The molecule has 0 aromatic carbocycles. The van der Waals surface area contributed by atoms with E-state index in [2.05, 4.69) is 31.9 Å². The molecule has 0 bridgehead atoms. The second-order valence-electron chi connectivity index (χ2n) is 9.80. The van der Waals surface area contributed by atoms with Crippen LogP contribution in [-0.2, 0) is 41.5 Å². The molecule has 0 radical (unpaired) electrons. The molecule has 2 aliphatic heterocycles. The fraction of sp³-hybridized carbons (Fsp3) is 0.522. The van der Waals surface area contributed by atoms with Crippen LogP contribution in [0.3, 0.4) is 0 Å². The van der Waals surface area contributed by atoms with Gasteiger partial charge >= 0.3 is 0 Å². The quantitative estimate of drug-likeness (QED) is 0.282. The van der Waals surface area contributed by atoms with Gasteiger partial charge in [0.2, 0.25) is 16.0 Å². The minimum absolute atomic E-state index is 0. The Balaban J connectivity index is 0.000000535. The van der Waals surface area contributed by atoms with Crippen LogP contribution < -0.4 is 10.6 Å². The van der Waals surface area contributed by atoms with E-state index in [0.29, 0.717) is 38.8 Å². The van der Waals surface area contributed by atoms with Crippen LogP contribution in [-0.4, -0.2) is 135 Å². The van der Waals surface area contributed by atoms with Crippen LogP contribution in [0.1, 0.15) is 4.88 Å². The van der Waals surface area contributed by atoms with E-state index in [-0.39, 0.29) is 11.4 Å². The molecule has 6 N–H and O–H groups in total. The number of hydrogen-bond acceptors (Lipinski definition) is 14. The molecule has 0 aliphatic carbocycles. The number of pyridine rings is 1. The number of fused-ring (bicyclic) bond motifs is 1. The van der Waals surface area contributed by atoms with E-state index in [1.54, 1.807) is 28.0 Å². The van der Waals surface area contributed by atoms with E-state index in [0.717, 1.165) is 59.9 Å². The predicted molar refractivity (Wildman–Crippen MR) is 168 cm³/mol. The van der Waals surface area contributed by atoms with Gasteiger partial charge in [-0.3, -0.25) is 14.0 Å². The Kier molecular flexibility index (Phi) is 13.3. The molecule has 3 aromatic heterocycles. The highest BCUT2D eigenvalue weighted by molar-refractivity contribution is 7.88. The highest BCUT2D eigenvalue weighted by Crippen LogP contribution is 2.37. The average molecular weight is 700 g/mol. The lowest BCUT2D eigenvalue weighted by Crippen LogP contribution is -2.47. The third-order valence-corrected chi connectivity index (χ3v) is 8.43. The summed E-state index contributed by atoms with van der Waals surface area (Å²) in [7, 11) is -10.5. The summed E-state index contributed by atoms with van der Waals surface area (Å²) in [6.45, 7) is 6.27. The molecule has 2 fully saturated rings. The van der Waals surface area contributed by atoms with Gasteiger partial charge in [0, 0.05) is 68.6 Å². The molecule has 5 heterocycles. The van der Waals surface area contributed by atoms with Crippen molar-refractivity contribution < 1.29 is 44.6 Å². The molecule has 0 amide bonds. The van der Waals surface area contributed by atoms with Crippen molar-refractivity contribution in [3.05, 3.63) is 29.4 Å². The van der Waals surface area contributed by atoms with Gasteiger partial charge in [-0.15, -0.1) is 11.3 Å². The topological polar surface area (TPSA) is 258 Å². The summed E-state index contributed by atoms with van der Waals surface area (Å²) in [6, 6.07) is 4.30. The van der Waals surface area contributed by atoms with Crippen LogP contribution >= 0.6 is 11.3 Å². The van der Waals surface area contributed by atoms with E-state index < -0.39 is 30.3 Å². The Morgan fingerprint density at radius 2 is 1.41 bits per heavy atom. The fourth-order valence-electron chi connectivity index (χ4n) is 4.21. The zero-order chi connectivity index (χ0) is 32.0. The lowest BCUT2D eigenvalue weighted by Gasteiger charge is -2.32. The van der Waals surface area contributed by atoms with Crippen LogP contribution in [0.2, 0.25) is 0 Å². The molecule has 248 valence electrons. The molecular weight excluding hydrogens is 663 g/mol. The number of nitrogens with zero attached hydrogens (tertiary/aromatic N) is 6. The largest absolute Gasteiger partial charge is 0.412 e. The number of morpholine rings is 1. The molecule has 2 saturated heterocycles. The first-order chi connectivity index (χ1) is 19.9. The van der Waals surface area contributed by atoms with E-state index in [4.69, 9.17) is 24.6 Å². The average Bonchev–Trinajstić information content (AvgIpc) is 3.29. The summed E-state index contributed by atoms with van der Waals surface area (Å²) in [5.41, 5.74) is 7.30. The van der Waals surface area contributed by atoms with E-state index in [9.17, 15) is 25.3 Å². The maximum atomic E-state index is 11.8. The smallest absolute Gasteiger partial charge is 0.261 e. The van der Waals surface area contributed by atoms with Crippen LogP contribution in [0, 0.1) is 0 Å². The number of sulfonamides is 1. The van der Waals surface area contributed by atoms with Crippen LogP contribution in [0.5, 0.6) is 0 Å². The number of nitrogens with two attached hydrogens (primary N) is 1. The minimum atomic E-state index is -3.67. The number of ether oxygens (including phenoxy) is 1. The predicted octanol–water partition coefficient (Wildman–Crippen LogP) is -0.567. The third-order valence-electron chi connectivity index (χ3n) is 5.99. The summed E-state index contributed by atoms with van der Waals surface area (Å²) < 4.78 is 83.6. The Morgan fingerprint density at radius 3 is 1.91 bits per heavy atom. The number of aromatic nitrogens is 3. The van der Waals surface area contributed by atoms with Crippen molar-refractivity contribution in [2.45, 2.75) is 6.54 Å². The van der Waals surface area contributed by atoms with E-state index in [1.165, 1.54) is 11.1 Å². The van der Waals surface area contributed by atoms with E-state index in [1.807, 2.05) is 0 Å². The van der Waals surface area contributed by atoms with Crippen molar-refractivity contribution >= 4 is 63.4 Å². The van der Waals surface area contributed by atoms with Gasteiger partial charge in [0.05, 0.1) is 42.4 Å². The molecule has 0 unspecified atom stereocenters. The Labute approximate surface area is 260 Å². The van der Waals surface area contributed by atoms with Crippen LogP contribution in [0.25, 0.3) is 21.3 Å². The van der Waals surface area contributed by atoms with Crippen molar-refractivity contribution in [1.29, 1.82) is 0 Å². The number of anilines is 2. The second-order valence-corrected chi connectivity index (χ2v) is 15.8. The number of rotatable bonds is 5. The number of nitrogen functional groups attached to an aromatic ring is 1. The highest BCUT2D eigenvalue weighted by atomic mass is 32.2. The summed E-state index contributed by atoms with van der Waals surface area (Å²) in [6.07, 6.45) is 6.11. The van der Waals surface area contributed by atoms with Gasteiger partial charge in [0.1, 0.15) is 5.82 Å². The van der Waals surface area contributed by atoms with Crippen molar-refractivity contribution in [3.63, 3.8) is 0 Å². The Morgan fingerprint density at radius 1 is 0.886 bits per heavy atom. The second kappa shape index (κ2) is 15.6. The summed E-state index contributed by atoms with van der Waals surface area (Å²) >= 11 is 1.75. The van der Waals surface area contributed by atoms with Crippen molar-refractivity contribution in [2.24, 2.45) is 0 Å². The van der Waals surface area contributed by atoms with Crippen molar-refractivity contribution in [3.8, 4) is 11.3 Å². The monoisotopic (exact) mass is 699 g/mol. The fourth-order valence-corrected chi connectivity index (χ4v) is 6.23. The lowest BCUT2D eigenvalue weighted by molar-refractivity contribution is 0.122. The minimum Gasteiger partial charge on any atom is -0.412 e. The molecular formula is C23H37N7O10S4. The first-order valence-corrected chi connectivity index (χ1v) is 19.1.